The number of aromatic nitrogens is 1. The molecule has 0 aliphatic rings. The standard InChI is InChI=1S/C16H23N3O2/c1-4-13(2)19(10-11-21-3)16(20)15-7-9-18-12-14(15)6-5-8-17/h7,9,12-13H,4,8,10-11,17H2,1-3H3. The molecule has 0 saturated heterocycles. The number of hydrogen-bond donors (Lipinski definition) is 1. The van der Waals surface area contributed by atoms with E-state index in [1.165, 1.54) is 0 Å². The normalized spacial score (nSPS) is 11.4. The topological polar surface area (TPSA) is 68.5 Å². The number of hydrogen-bond acceptors (Lipinski definition) is 4. The van der Waals surface area contributed by atoms with Gasteiger partial charge in [0.2, 0.25) is 0 Å². The summed E-state index contributed by atoms with van der Waals surface area (Å²) in [7, 11) is 1.63. The van der Waals surface area contributed by atoms with Crippen LogP contribution in [-0.2, 0) is 4.74 Å². The fraction of sp³-hybridized carbons (Fsp3) is 0.500. The van der Waals surface area contributed by atoms with Crippen molar-refractivity contribution in [1.82, 2.24) is 9.88 Å². The Bertz CT molecular complexity index is 520. The predicted molar refractivity (Wildman–Crippen MR) is 82.8 cm³/mol. The molecule has 1 amide bonds. The van der Waals surface area contributed by atoms with Crippen LogP contribution >= 0.6 is 0 Å². The third-order valence-electron chi connectivity index (χ3n) is 3.30. The van der Waals surface area contributed by atoms with E-state index in [2.05, 4.69) is 23.7 Å². The van der Waals surface area contributed by atoms with Gasteiger partial charge in [0.15, 0.2) is 0 Å². The first-order chi connectivity index (χ1) is 10.2. The van der Waals surface area contributed by atoms with Crippen LogP contribution in [0.5, 0.6) is 0 Å². The van der Waals surface area contributed by atoms with E-state index >= 15 is 0 Å². The lowest BCUT2D eigenvalue weighted by molar-refractivity contribution is 0.0613. The minimum absolute atomic E-state index is 0.0508. The summed E-state index contributed by atoms with van der Waals surface area (Å²) >= 11 is 0. The number of methoxy groups -OCH3 is 1. The average Bonchev–Trinajstić information content (AvgIpc) is 2.52. The van der Waals surface area contributed by atoms with E-state index in [1.54, 1.807) is 25.6 Å². The molecule has 21 heavy (non-hydrogen) atoms. The first kappa shape index (κ1) is 17.2. The second-order valence-corrected chi connectivity index (χ2v) is 4.68. The fourth-order valence-electron chi connectivity index (χ4n) is 1.91. The van der Waals surface area contributed by atoms with E-state index in [-0.39, 0.29) is 18.5 Å². The lowest BCUT2D eigenvalue weighted by Gasteiger charge is -2.28. The number of nitrogens with two attached hydrogens (primary N) is 1. The van der Waals surface area contributed by atoms with Crippen molar-refractivity contribution in [1.29, 1.82) is 0 Å². The molecule has 5 nitrogen and oxygen atoms in total. The van der Waals surface area contributed by atoms with Gasteiger partial charge < -0.3 is 15.4 Å². The predicted octanol–water partition coefficient (Wildman–Crippen LogP) is 1.28. The molecule has 0 spiro atoms. The second-order valence-electron chi connectivity index (χ2n) is 4.68. The van der Waals surface area contributed by atoms with Gasteiger partial charge in [0.25, 0.3) is 5.91 Å². The summed E-state index contributed by atoms with van der Waals surface area (Å²) in [5.41, 5.74) is 6.56. The van der Waals surface area contributed by atoms with Crippen molar-refractivity contribution in [2.24, 2.45) is 5.73 Å². The lowest BCUT2D eigenvalue weighted by Crippen LogP contribution is -2.40. The number of ether oxygens (including phenoxy) is 1. The molecule has 1 aromatic heterocycles. The Balaban J connectivity index is 3.08. The maximum atomic E-state index is 12.8. The highest BCUT2D eigenvalue weighted by Crippen LogP contribution is 2.13. The summed E-state index contributed by atoms with van der Waals surface area (Å²) in [4.78, 5) is 18.6. The minimum atomic E-state index is -0.0508. The van der Waals surface area contributed by atoms with Crippen LogP contribution in [0.25, 0.3) is 0 Å². The van der Waals surface area contributed by atoms with Crippen LogP contribution in [-0.4, -0.2) is 48.6 Å². The van der Waals surface area contributed by atoms with Gasteiger partial charge in [-0.1, -0.05) is 18.8 Å². The Morgan fingerprint density at radius 1 is 1.57 bits per heavy atom. The van der Waals surface area contributed by atoms with Gasteiger partial charge in [0, 0.05) is 32.1 Å². The van der Waals surface area contributed by atoms with Crippen LogP contribution in [0.4, 0.5) is 0 Å². The van der Waals surface area contributed by atoms with Crippen LogP contribution in [0.2, 0.25) is 0 Å². The summed E-state index contributed by atoms with van der Waals surface area (Å²) in [5, 5.41) is 0. The van der Waals surface area contributed by atoms with Gasteiger partial charge in [0.1, 0.15) is 0 Å². The number of rotatable bonds is 6. The average molecular weight is 289 g/mol. The highest BCUT2D eigenvalue weighted by molar-refractivity contribution is 5.96. The SMILES string of the molecule is CCC(C)N(CCOC)C(=O)c1ccncc1C#CCN. The Kier molecular flexibility index (Phi) is 7.44. The maximum Gasteiger partial charge on any atom is 0.255 e. The van der Waals surface area contributed by atoms with Gasteiger partial charge >= 0.3 is 0 Å². The molecule has 0 saturated carbocycles. The molecule has 1 heterocycles. The molecule has 0 aliphatic heterocycles. The van der Waals surface area contributed by atoms with Crippen LogP contribution < -0.4 is 5.73 Å². The molecule has 114 valence electrons. The van der Waals surface area contributed by atoms with Gasteiger partial charge in [-0.2, -0.15) is 0 Å². The highest BCUT2D eigenvalue weighted by Gasteiger charge is 2.22. The third kappa shape index (κ3) is 4.85. The van der Waals surface area contributed by atoms with Crippen molar-refractivity contribution < 1.29 is 9.53 Å². The van der Waals surface area contributed by atoms with Gasteiger partial charge in [-0.3, -0.25) is 9.78 Å². The van der Waals surface area contributed by atoms with Crippen molar-refractivity contribution in [3.63, 3.8) is 0 Å². The quantitative estimate of drug-likeness (QED) is 0.801. The van der Waals surface area contributed by atoms with Gasteiger partial charge in [-0.15, -0.1) is 0 Å². The van der Waals surface area contributed by atoms with E-state index in [4.69, 9.17) is 10.5 Å². The molecule has 1 rings (SSSR count). The van der Waals surface area contributed by atoms with Crippen molar-refractivity contribution in [3.8, 4) is 11.8 Å². The minimum Gasteiger partial charge on any atom is -0.383 e. The monoisotopic (exact) mass is 289 g/mol. The van der Waals surface area contributed by atoms with E-state index in [1.807, 2.05) is 11.8 Å². The number of amides is 1. The van der Waals surface area contributed by atoms with Crippen molar-refractivity contribution in [2.45, 2.75) is 26.3 Å². The zero-order valence-electron chi connectivity index (χ0n) is 12.9. The fourth-order valence-corrected chi connectivity index (χ4v) is 1.91. The largest absolute Gasteiger partial charge is 0.383 e. The van der Waals surface area contributed by atoms with Gasteiger partial charge in [-0.05, 0) is 19.4 Å². The molecule has 0 aliphatic carbocycles. The molecule has 1 aromatic rings. The van der Waals surface area contributed by atoms with E-state index in [9.17, 15) is 4.79 Å². The van der Waals surface area contributed by atoms with E-state index in [0.29, 0.717) is 24.3 Å². The van der Waals surface area contributed by atoms with Crippen LogP contribution in [0.3, 0.4) is 0 Å². The van der Waals surface area contributed by atoms with Crippen LogP contribution in [0.15, 0.2) is 18.5 Å². The Morgan fingerprint density at radius 3 is 2.95 bits per heavy atom. The van der Waals surface area contributed by atoms with Gasteiger partial charge in [0.05, 0.1) is 24.3 Å². The zero-order chi connectivity index (χ0) is 15.7. The number of carbonyl (C=O) groups excluding carboxylic acids is 1. The summed E-state index contributed by atoms with van der Waals surface area (Å²) in [6.45, 7) is 5.39. The molecule has 1 atom stereocenters. The Labute approximate surface area is 126 Å². The first-order valence-corrected chi connectivity index (χ1v) is 7.08. The Morgan fingerprint density at radius 2 is 2.33 bits per heavy atom. The van der Waals surface area contributed by atoms with Crippen molar-refractivity contribution in [3.05, 3.63) is 29.6 Å². The molecule has 0 aromatic carbocycles. The van der Waals surface area contributed by atoms with Crippen molar-refractivity contribution in [2.75, 3.05) is 26.8 Å². The highest BCUT2D eigenvalue weighted by atomic mass is 16.5. The molecular formula is C16H23N3O2. The van der Waals surface area contributed by atoms with Crippen molar-refractivity contribution >= 4 is 5.91 Å². The first-order valence-electron chi connectivity index (χ1n) is 7.08. The van der Waals surface area contributed by atoms with E-state index < -0.39 is 0 Å². The molecule has 1 unspecified atom stereocenters. The smallest absolute Gasteiger partial charge is 0.255 e. The number of nitrogens with zero attached hydrogens (tertiary/aromatic N) is 2. The summed E-state index contributed by atoms with van der Waals surface area (Å²) < 4.78 is 5.10. The number of carbonyl (C=O) groups is 1. The maximum absolute atomic E-state index is 12.8. The zero-order valence-corrected chi connectivity index (χ0v) is 12.9. The molecule has 0 bridgehead atoms. The summed E-state index contributed by atoms with van der Waals surface area (Å²) in [6.07, 6.45) is 4.08. The molecule has 0 radical (unpaired) electrons. The number of pyridine rings is 1. The molecular weight excluding hydrogens is 266 g/mol. The Hall–Kier alpha value is -1.90. The second kappa shape index (κ2) is 9.11. The molecule has 0 fully saturated rings. The summed E-state index contributed by atoms with van der Waals surface area (Å²) in [6, 6.07) is 1.83. The summed E-state index contributed by atoms with van der Waals surface area (Å²) in [5.74, 6) is 5.62. The molecule has 2 N–H and O–H groups in total. The lowest BCUT2D eigenvalue weighted by atomic mass is 10.1. The molecule has 5 heteroatoms. The van der Waals surface area contributed by atoms with Crippen LogP contribution in [0.1, 0.15) is 36.2 Å². The van der Waals surface area contributed by atoms with Crippen LogP contribution in [0, 0.1) is 11.8 Å². The van der Waals surface area contributed by atoms with Gasteiger partial charge in [-0.25, -0.2) is 0 Å². The third-order valence-corrected chi connectivity index (χ3v) is 3.30. The van der Waals surface area contributed by atoms with E-state index in [0.717, 1.165) is 6.42 Å².